The van der Waals surface area contributed by atoms with E-state index < -0.39 is 23.6 Å². The first-order valence-corrected chi connectivity index (χ1v) is 13.2. The molecule has 1 unspecified atom stereocenters. The Labute approximate surface area is 233 Å². The molecule has 0 aromatic heterocycles. The summed E-state index contributed by atoms with van der Waals surface area (Å²) in [6.45, 7) is 0. The largest absolute Gasteiger partial charge is 0.493 e. The number of para-hydroxylation sites is 1. The topological polar surface area (TPSA) is 110 Å². The quantitative estimate of drug-likeness (QED) is 0.424. The van der Waals surface area contributed by atoms with Crippen molar-refractivity contribution in [1.82, 2.24) is 5.32 Å². The number of ketones is 1. The van der Waals surface area contributed by atoms with Gasteiger partial charge in [-0.25, -0.2) is 0 Å². The van der Waals surface area contributed by atoms with Crippen LogP contribution in [0.4, 0.5) is 18.9 Å². The van der Waals surface area contributed by atoms with E-state index in [1.165, 1.54) is 39.5 Å². The van der Waals surface area contributed by atoms with Gasteiger partial charge in [-0.05, 0) is 42.7 Å². The number of thioether (sulfide) groups is 1. The fraction of sp³-hybridized carbons (Fsp3) is 0.321. The molecule has 0 bridgehead atoms. The van der Waals surface area contributed by atoms with Crippen LogP contribution in [0, 0.1) is 11.3 Å². The molecule has 210 valence electrons. The van der Waals surface area contributed by atoms with E-state index in [-0.39, 0.29) is 22.8 Å². The molecule has 8 nitrogen and oxygen atoms in total. The third-order valence-electron chi connectivity index (χ3n) is 6.54. The Balaban J connectivity index is 1.70. The molecule has 0 saturated carbocycles. The number of amides is 1. The molecule has 1 aliphatic carbocycles. The SMILES string of the molecule is COc1cc(C2C(C#N)=C(SCC(=O)Nc3ccccc3C(F)(F)F)NC3=C2C(=O)CCC3)cc(OC)c1OC. The minimum absolute atomic E-state index is 0.106. The van der Waals surface area contributed by atoms with E-state index in [1.54, 1.807) is 12.1 Å². The first kappa shape index (κ1) is 28.9. The van der Waals surface area contributed by atoms with Gasteiger partial charge in [-0.3, -0.25) is 9.59 Å². The fourth-order valence-electron chi connectivity index (χ4n) is 4.80. The standard InChI is InChI=1S/C28H26F3N3O5S/c1-37-21-11-15(12-22(38-2)26(21)39-3)24-16(13-32)27(34-19-9-6-10-20(35)25(19)24)40-14-23(36)33-18-8-5-4-7-17(18)28(29,30)31/h4-5,7-8,11-12,24,34H,6,9-10,14H2,1-3H3,(H,33,36). The molecule has 0 fully saturated rings. The Morgan fingerprint density at radius 3 is 2.40 bits per heavy atom. The maximum absolute atomic E-state index is 13.4. The summed E-state index contributed by atoms with van der Waals surface area (Å²) in [5, 5.41) is 16.0. The summed E-state index contributed by atoms with van der Waals surface area (Å²) in [4.78, 5) is 25.8. The van der Waals surface area contributed by atoms with E-state index in [2.05, 4.69) is 16.7 Å². The number of ether oxygens (including phenoxy) is 3. The molecule has 2 aromatic rings. The third-order valence-corrected chi connectivity index (χ3v) is 7.55. The lowest BCUT2D eigenvalue weighted by Crippen LogP contribution is -2.31. The number of allylic oxidation sites excluding steroid dienone is 3. The molecular weight excluding hydrogens is 547 g/mol. The summed E-state index contributed by atoms with van der Waals surface area (Å²) in [6.07, 6.45) is -3.15. The number of alkyl halides is 3. The number of nitrogens with one attached hydrogen (secondary N) is 2. The molecule has 1 amide bonds. The molecule has 4 rings (SSSR count). The van der Waals surface area contributed by atoms with Crippen molar-refractivity contribution in [3.8, 4) is 23.3 Å². The monoisotopic (exact) mass is 573 g/mol. The van der Waals surface area contributed by atoms with Crippen molar-refractivity contribution in [3.63, 3.8) is 0 Å². The zero-order valence-corrected chi connectivity index (χ0v) is 22.7. The number of anilines is 1. The van der Waals surface area contributed by atoms with E-state index in [1.807, 2.05) is 0 Å². The van der Waals surface area contributed by atoms with Crippen molar-refractivity contribution in [2.45, 2.75) is 31.4 Å². The first-order chi connectivity index (χ1) is 19.1. The average molecular weight is 574 g/mol. The Bertz CT molecular complexity index is 1420. The van der Waals surface area contributed by atoms with Crippen LogP contribution in [-0.4, -0.2) is 38.8 Å². The second-order valence-electron chi connectivity index (χ2n) is 8.92. The van der Waals surface area contributed by atoms with Gasteiger partial charge in [-0.15, -0.1) is 0 Å². The van der Waals surface area contributed by atoms with Crippen LogP contribution in [-0.2, 0) is 15.8 Å². The number of benzene rings is 2. The number of hydrogen-bond donors (Lipinski definition) is 2. The molecule has 1 aliphatic heterocycles. The smallest absolute Gasteiger partial charge is 0.418 e. The van der Waals surface area contributed by atoms with E-state index in [0.717, 1.165) is 17.8 Å². The zero-order valence-electron chi connectivity index (χ0n) is 21.9. The lowest BCUT2D eigenvalue weighted by molar-refractivity contribution is -0.137. The predicted octanol–water partition coefficient (Wildman–Crippen LogP) is 5.53. The number of nitrogens with zero attached hydrogens (tertiary/aromatic N) is 1. The van der Waals surface area contributed by atoms with Crippen LogP contribution in [0.15, 0.2) is 58.3 Å². The van der Waals surface area contributed by atoms with Gasteiger partial charge in [0.25, 0.3) is 0 Å². The molecule has 12 heteroatoms. The Kier molecular flexibility index (Phi) is 8.64. The maximum atomic E-state index is 13.4. The van der Waals surface area contributed by atoms with E-state index >= 15 is 0 Å². The summed E-state index contributed by atoms with van der Waals surface area (Å²) >= 11 is 0.974. The van der Waals surface area contributed by atoms with Gasteiger partial charge in [-0.1, -0.05) is 23.9 Å². The van der Waals surface area contributed by atoms with Crippen LogP contribution in [0.1, 0.15) is 36.3 Å². The van der Waals surface area contributed by atoms with E-state index in [9.17, 15) is 28.0 Å². The number of methoxy groups -OCH3 is 3. The molecule has 2 aromatic carbocycles. The highest BCUT2D eigenvalue weighted by Crippen LogP contribution is 2.48. The van der Waals surface area contributed by atoms with Crippen molar-refractivity contribution in [1.29, 1.82) is 5.26 Å². The molecule has 0 saturated heterocycles. The number of carbonyl (C=O) groups excluding carboxylic acids is 2. The van der Waals surface area contributed by atoms with Gasteiger partial charge in [0, 0.05) is 17.7 Å². The Morgan fingerprint density at radius 2 is 1.80 bits per heavy atom. The molecule has 1 heterocycles. The lowest BCUT2D eigenvalue weighted by atomic mass is 9.76. The lowest BCUT2D eigenvalue weighted by Gasteiger charge is -2.33. The van der Waals surface area contributed by atoms with Crippen LogP contribution in [0.3, 0.4) is 0 Å². The van der Waals surface area contributed by atoms with Crippen molar-refractivity contribution < 1.29 is 37.0 Å². The minimum Gasteiger partial charge on any atom is -0.493 e. The molecule has 1 atom stereocenters. The van der Waals surface area contributed by atoms with Crippen LogP contribution in [0.5, 0.6) is 17.2 Å². The predicted molar refractivity (Wildman–Crippen MR) is 143 cm³/mol. The van der Waals surface area contributed by atoms with Gasteiger partial charge in [0.2, 0.25) is 11.7 Å². The number of Topliss-reactive ketones (excluding diaryl/α,β-unsaturated/α-hetero) is 1. The Hall–Kier alpha value is -4.11. The van der Waals surface area contributed by atoms with Gasteiger partial charge < -0.3 is 24.8 Å². The summed E-state index contributed by atoms with van der Waals surface area (Å²) in [5.41, 5.74) is 0.516. The van der Waals surface area contributed by atoms with Crippen LogP contribution >= 0.6 is 11.8 Å². The normalized spacial score (nSPS) is 17.0. The van der Waals surface area contributed by atoms with Crippen molar-refractivity contribution in [2.75, 3.05) is 32.4 Å². The van der Waals surface area contributed by atoms with Gasteiger partial charge in [0.1, 0.15) is 0 Å². The van der Waals surface area contributed by atoms with E-state index in [0.29, 0.717) is 58.4 Å². The second kappa shape index (κ2) is 12.0. The fourth-order valence-corrected chi connectivity index (χ4v) is 5.66. The number of rotatable bonds is 8. The van der Waals surface area contributed by atoms with Crippen LogP contribution < -0.4 is 24.8 Å². The summed E-state index contributed by atoms with van der Waals surface area (Å²) in [7, 11) is 4.37. The third kappa shape index (κ3) is 5.74. The summed E-state index contributed by atoms with van der Waals surface area (Å²) in [5.74, 6) is -0.815. The van der Waals surface area contributed by atoms with Crippen molar-refractivity contribution in [3.05, 3.63) is 69.4 Å². The zero-order chi connectivity index (χ0) is 29.0. The van der Waals surface area contributed by atoms with Gasteiger partial charge in [0.05, 0.1) is 60.9 Å². The second-order valence-corrected chi connectivity index (χ2v) is 9.91. The number of nitriles is 1. The van der Waals surface area contributed by atoms with Crippen LogP contribution in [0.2, 0.25) is 0 Å². The van der Waals surface area contributed by atoms with Gasteiger partial charge in [0.15, 0.2) is 17.3 Å². The molecule has 2 N–H and O–H groups in total. The molecule has 0 spiro atoms. The van der Waals surface area contributed by atoms with E-state index in [4.69, 9.17) is 14.2 Å². The number of halogens is 3. The van der Waals surface area contributed by atoms with Gasteiger partial charge >= 0.3 is 6.18 Å². The molecule has 0 radical (unpaired) electrons. The number of hydrogen-bond acceptors (Lipinski definition) is 8. The number of carbonyl (C=O) groups is 2. The summed E-state index contributed by atoms with van der Waals surface area (Å²) < 4.78 is 56.4. The average Bonchev–Trinajstić information content (AvgIpc) is 2.94. The Morgan fingerprint density at radius 1 is 1.12 bits per heavy atom. The van der Waals surface area contributed by atoms with Crippen molar-refractivity contribution >= 4 is 29.1 Å². The summed E-state index contributed by atoms with van der Waals surface area (Å²) in [6, 6.07) is 10.2. The van der Waals surface area contributed by atoms with Crippen LogP contribution in [0.25, 0.3) is 0 Å². The minimum atomic E-state index is -4.64. The molecule has 2 aliphatic rings. The van der Waals surface area contributed by atoms with Crippen molar-refractivity contribution in [2.24, 2.45) is 0 Å². The maximum Gasteiger partial charge on any atom is 0.418 e. The highest BCUT2D eigenvalue weighted by Gasteiger charge is 2.38. The molecular formula is C28H26F3N3O5S. The first-order valence-electron chi connectivity index (χ1n) is 12.2. The molecule has 40 heavy (non-hydrogen) atoms. The number of dihydropyridines is 1. The highest BCUT2D eigenvalue weighted by molar-refractivity contribution is 8.03. The highest BCUT2D eigenvalue weighted by atomic mass is 32.2. The van der Waals surface area contributed by atoms with Gasteiger partial charge in [-0.2, -0.15) is 18.4 Å².